The van der Waals surface area contributed by atoms with Crippen molar-refractivity contribution in [3.63, 3.8) is 0 Å². The van der Waals surface area contributed by atoms with Gasteiger partial charge >= 0.3 is 0 Å². The lowest BCUT2D eigenvalue weighted by molar-refractivity contribution is -0.124. The van der Waals surface area contributed by atoms with Gasteiger partial charge in [0.2, 0.25) is 11.9 Å². The molecule has 8 heteroatoms. The van der Waals surface area contributed by atoms with E-state index in [4.69, 9.17) is 0 Å². The summed E-state index contributed by atoms with van der Waals surface area (Å²) in [5.41, 5.74) is 6.95. The minimum absolute atomic E-state index is 0.0223. The molecule has 0 bridgehead atoms. The number of likely N-dealkylation sites (tertiary alicyclic amines) is 1. The van der Waals surface area contributed by atoms with E-state index in [0.717, 1.165) is 31.6 Å². The van der Waals surface area contributed by atoms with E-state index in [1.54, 1.807) is 12.1 Å². The highest BCUT2D eigenvalue weighted by Crippen LogP contribution is 2.19. The van der Waals surface area contributed by atoms with Gasteiger partial charge in [-0.3, -0.25) is 15.5 Å². The highest BCUT2D eigenvalue weighted by molar-refractivity contribution is 6.00. The zero-order chi connectivity index (χ0) is 16.5. The van der Waals surface area contributed by atoms with Gasteiger partial charge in [0.05, 0.1) is 5.92 Å². The summed E-state index contributed by atoms with van der Waals surface area (Å²) >= 11 is 0. The fourth-order valence-corrected chi connectivity index (χ4v) is 3.39. The van der Waals surface area contributed by atoms with Crippen LogP contribution in [0, 0.1) is 11.7 Å². The second-order valence-electron chi connectivity index (χ2n) is 6.43. The van der Waals surface area contributed by atoms with Gasteiger partial charge in [-0.2, -0.15) is 0 Å². The first kappa shape index (κ1) is 15.3. The van der Waals surface area contributed by atoms with E-state index in [9.17, 15) is 9.18 Å². The molecule has 0 aromatic heterocycles. The van der Waals surface area contributed by atoms with E-state index in [1.807, 2.05) is 0 Å². The molecule has 2 fully saturated rings. The fourth-order valence-electron chi connectivity index (χ4n) is 3.39. The molecule has 128 valence electrons. The van der Waals surface area contributed by atoms with Crippen molar-refractivity contribution in [1.29, 1.82) is 0 Å². The number of nitrogens with one attached hydrogen (secondary N) is 4. The number of halogens is 1. The van der Waals surface area contributed by atoms with Gasteiger partial charge in [0.1, 0.15) is 12.0 Å². The average Bonchev–Trinajstić information content (AvgIpc) is 3.07. The van der Waals surface area contributed by atoms with E-state index in [2.05, 4.69) is 31.4 Å². The summed E-state index contributed by atoms with van der Waals surface area (Å²) in [4.78, 5) is 18.9. The lowest BCUT2D eigenvalue weighted by atomic mass is 10.0. The lowest BCUT2D eigenvalue weighted by Gasteiger charge is -2.36. The number of amides is 1. The summed E-state index contributed by atoms with van der Waals surface area (Å²) in [6.07, 6.45) is 1.70. The maximum Gasteiger partial charge on any atom is 0.234 e. The number of carbonyl (C=O) groups is 1. The highest BCUT2D eigenvalue weighted by atomic mass is 19.1. The van der Waals surface area contributed by atoms with Crippen LogP contribution in [-0.2, 0) is 4.79 Å². The number of rotatable bonds is 2. The summed E-state index contributed by atoms with van der Waals surface area (Å²) in [7, 11) is 0. The number of hydrogen-bond acceptors (Lipinski definition) is 6. The molecule has 1 aromatic rings. The molecule has 3 aliphatic rings. The molecule has 1 amide bonds. The maximum absolute atomic E-state index is 13.0. The number of hydrazine groups is 1. The van der Waals surface area contributed by atoms with Crippen LogP contribution in [0.1, 0.15) is 12.8 Å². The zero-order valence-corrected chi connectivity index (χ0v) is 13.3. The Labute approximate surface area is 139 Å². The second kappa shape index (κ2) is 6.37. The molecule has 0 aliphatic carbocycles. The van der Waals surface area contributed by atoms with E-state index in [0.29, 0.717) is 18.5 Å². The van der Waals surface area contributed by atoms with E-state index >= 15 is 0 Å². The van der Waals surface area contributed by atoms with Crippen molar-refractivity contribution in [2.75, 3.05) is 25.0 Å². The van der Waals surface area contributed by atoms with Crippen LogP contribution >= 0.6 is 0 Å². The number of guanidine groups is 1. The number of piperidine rings is 1. The Balaban J connectivity index is 1.34. The predicted octanol–water partition coefficient (Wildman–Crippen LogP) is 0.238. The average molecular weight is 332 g/mol. The predicted molar refractivity (Wildman–Crippen MR) is 88.6 cm³/mol. The van der Waals surface area contributed by atoms with Crippen molar-refractivity contribution >= 4 is 17.6 Å². The molecule has 2 saturated heterocycles. The molecule has 3 aliphatic heterocycles. The highest BCUT2D eigenvalue weighted by Gasteiger charge is 2.38. The van der Waals surface area contributed by atoms with Crippen LogP contribution in [0.25, 0.3) is 0 Å². The fraction of sp³-hybridized carbons (Fsp3) is 0.500. The third-order valence-corrected chi connectivity index (χ3v) is 4.80. The Morgan fingerprint density at radius 2 is 1.96 bits per heavy atom. The molecule has 0 saturated carbocycles. The van der Waals surface area contributed by atoms with Gasteiger partial charge in [0.25, 0.3) is 0 Å². The smallest absolute Gasteiger partial charge is 0.234 e. The third kappa shape index (κ3) is 3.07. The molecular formula is C16H21FN6O. The number of aliphatic imine (C=N–C) groups is 1. The van der Waals surface area contributed by atoms with Gasteiger partial charge in [0, 0.05) is 31.4 Å². The second-order valence-corrected chi connectivity index (χ2v) is 6.43. The zero-order valence-electron chi connectivity index (χ0n) is 13.3. The first-order chi connectivity index (χ1) is 11.7. The number of hydrogen-bond donors (Lipinski definition) is 4. The molecule has 1 aromatic carbocycles. The number of carbonyl (C=O) groups excluding carboxylic acids is 1. The largest absolute Gasteiger partial charge is 0.382 e. The number of fused-ring (bicyclic) bond motifs is 1. The lowest BCUT2D eigenvalue weighted by Crippen LogP contribution is -2.55. The van der Waals surface area contributed by atoms with Gasteiger partial charge in [-0.15, -0.1) is 0 Å². The normalized spacial score (nSPS) is 27.5. The van der Waals surface area contributed by atoms with Gasteiger partial charge in [0.15, 0.2) is 0 Å². The molecule has 2 unspecified atom stereocenters. The Bertz CT molecular complexity index is 640. The van der Waals surface area contributed by atoms with Crippen molar-refractivity contribution < 1.29 is 9.18 Å². The van der Waals surface area contributed by atoms with Crippen LogP contribution in [0.5, 0.6) is 0 Å². The van der Waals surface area contributed by atoms with Crippen LogP contribution in [0.3, 0.4) is 0 Å². The molecular weight excluding hydrogens is 311 g/mol. The number of nitrogens with zero attached hydrogens (tertiary/aromatic N) is 2. The molecule has 4 rings (SSSR count). The van der Waals surface area contributed by atoms with Crippen LogP contribution in [0.4, 0.5) is 10.1 Å². The van der Waals surface area contributed by atoms with Gasteiger partial charge in [-0.25, -0.2) is 14.8 Å². The van der Waals surface area contributed by atoms with Crippen LogP contribution < -0.4 is 21.5 Å². The molecule has 7 nitrogen and oxygen atoms in total. The Morgan fingerprint density at radius 3 is 2.71 bits per heavy atom. The quantitative estimate of drug-likeness (QED) is 0.624. The van der Waals surface area contributed by atoms with Gasteiger partial charge in [-0.1, -0.05) is 0 Å². The standard InChI is InChI=1S/C16H21FN6O/c17-10-1-3-11(4-2-10)19-12-5-7-23(8-6-12)16-20-14-13(9-18-22-14)15(24)21-16/h1-4,12-14,18-19,22H,5-9H2,(H,20,21,24). The molecule has 0 spiro atoms. The summed E-state index contributed by atoms with van der Waals surface area (Å²) in [5.74, 6) is 0.327. The summed E-state index contributed by atoms with van der Waals surface area (Å²) in [6.45, 7) is 2.25. The molecule has 2 atom stereocenters. The summed E-state index contributed by atoms with van der Waals surface area (Å²) < 4.78 is 13.0. The Kier molecular flexibility index (Phi) is 4.07. The molecule has 3 heterocycles. The Hall–Kier alpha value is -2.19. The van der Waals surface area contributed by atoms with Crippen molar-refractivity contribution in [2.45, 2.75) is 25.0 Å². The van der Waals surface area contributed by atoms with Crippen molar-refractivity contribution in [3.8, 4) is 0 Å². The third-order valence-electron chi connectivity index (χ3n) is 4.80. The Morgan fingerprint density at radius 1 is 1.21 bits per heavy atom. The van der Waals surface area contributed by atoms with Gasteiger partial charge in [-0.05, 0) is 37.1 Å². The monoisotopic (exact) mass is 332 g/mol. The van der Waals surface area contributed by atoms with Gasteiger partial charge < -0.3 is 10.2 Å². The van der Waals surface area contributed by atoms with Crippen LogP contribution in [0.2, 0.25) is 0 Å². The van der Waals surface area contributed by atoms with Crippen molar-refractivity contribution in [3.05, 3.63) is 30.1 Å². The minimum atomic E-state index is -0.227. The maximum atomic E-state index is 13.0. The van der Waals surface area contributed by atoms with Crippen LogP contribution in [-0.4, -0.2) is 48.6 Å². The van der Waals surface area contributed by atoms with Crippen molar-refractivity contribution in [1.82, 2.24) is 21.1 Å². The first-order valence-electron chi connectivity index (χ1n) is 8.33. The van der Waals surface area contributed by atoms with E-state index in [1.165, 1.54) is 12.1 Å². The SMILES string of the molecule is O=C1NC(N2CCC(Nc3ccc(F)cc3)CC2)=NC2NNCC12. The molecule has 4 N–H and O–H groups in total. The molecule has 24 heavy (non-hydrogen) atoms. The summed E-state index contributed by atoms with van der Waals surface area (Å²) in [5, 5.41) is 6.36. The first-order valence-corrected chi connectivity index (χ1v) is 8.33. The summed E-state index contributed by atoms with van der Waals surface area (Å²) in [6, 6.07) is 6.77. The number of anilines is 1. The minimum Gasteiger partial charge on any atom is -0.382 e. The van der Waals surface area contributed by atoms with E-state index < -0.39 is 0 Å². The topological polar surface area (TPSA) is 80.8 Å². The molecule has 0 radical (unpaired) electrons. The number of benzene rings is 1. The van der Waals surface area contributed by atoms with Crippen LogP contribution in [0.15, 0.2) is 29.3 Å². The van der Waals surface area contributed by atoms with E-state index in [-0.39, 0.29) is 23.8 Å². The van der Waals surface area contributed by atoms with Crippen molar-refractivity contribution in [2.24, 2.45) is 10.9 Å².